The summed E-state index contributed by atoms with van der Waals surface area (Å²) in [6.07, 6.45) is 0. The van der Waals surface area contributed by atoms with Crippen LogP contribution in [0, 0.1) is 13.8 Å². The molecule has 1 atom stereocenters. The lowest BCUT2D eigenvalue weighted by Crippen LogP contribution is -3.12. The second kappa shape index (κ2) is 9.54. The van der Waals surface area contributed by atoms with Gasteiger partial charge in [0.15, 0.2) is 5.11 Å². The van der Waals surface area contributed by atoms with E-state index >= 15 is 0 Å². The van der Waals surface area contributed by atoms with Gasteiger partial charge in [0.2, 0.25) is 0 Å². The van der Waals surface area contributed by atoms with Crippen molar-refractivity contribution in [2.75, 3.05) is 25.0 Å². The highest BCUT2D eigenvalue weighted by Crippen LogP contribution is 2.17. The highest BCUT2D eigenvalue weighted by atomic mass is 32.1. The zero-order valence-corrected chi connectivity index (χ0v) is 16.5. The molecule has 0 aliphatic heterocycles. The number of quaternary nitrogens is 1. The molecule has 0 heterocycles. The van der Waals surface area contributed by atoms with Gasteiger partial charge in [-0.3, -0.25) is 0 Å². The molecular formula is C21H30N3S+. The second-order valence-electron chi connectivity index (χ2n) is 6.41. The van der Waals surface area contributed by atoms with Crippen LogP contribution in [0.15, 0.2) is 48.5 Å². The molecule has 4 heteroatoms. The summed E-state index contributed by atoms with van der Waals surface area (Å²) < 4.78 is 0. The summed E-state index contributed by atoms with van der Waals surface area (Å²) in [6.45, 7) is 11.7. The first-order chi connectivity index (χ1) is 12.1. The molecule has 0 unspecified atom stereocenters. The Morgan fingerprint density at radius 3 is 2.32 bits per heavy atom. The van der Waals surface area contributed by atoms with Gasteiger partial charge in [-0.05, 0) is 57.1 Å². The zero-order valence-electron chi connectivity index (χ0n) is 15.7. The third kappa shape index (κ3) is 5.28. The fourth-order valence-electron chi connectivity index (χ4n) is 3.17. The standard InChI is InChI=1S/C21H29N3S/c1-5-24(6-2)20(18-12-8-7-9-13-18)15-22-21(25)23-19-14-10-11-16(3)17(19)4/h7-14,20H,5-6,15H2,1-4H3,(H2,22,23,25)/p+1/t20-/m1/s1. The van der Waals surface area contributed by atoms with Crippen molar-refractivity contribution in [3.05, 3.63) is 65.2 Å². The van der Waals surface area contributed by atoms with E-state index < -0.39 is 0 Å². The SMILES string of the molecule is CC[NH+](CC)[C@H](CNC(=S)Nc1cccc(C)c1C)c1ccccc1. The van der Waals surface area contributed by atoms with Gasteiger partial charge in [-0.2, -0.15) is 0 Å². The molecule has 0 radical (unpaired) electrons. The molecule has 3 N–H and O–H groups in total. The Morgan fingerprint density at radius 2 is 1.68 bits per heavy atom. The van der Waals surface area contributed by atoms with Crippen LogP contribution in [0.4, 0.5) is 5.69 Å². The normalized spacial score (nSPS) is 12.0. The van der Waals surface area contributed by atoms with Gasteiger partial charge >= 0.3 is 0 Å². The van der Waals surface area contributed by atoms with Crippen LogP contribution in [0.5, 0.6) is 0 Å². The van der Waals surface area contributed by atoms with E-state index in [1.807, 2.05) is 0 Å². The average molecular weight is 357 g/mol. The number of thiocarbonyl (C=S) groups is 1. The minimum atomic E-state index is 0.384. The molecule has 0 saturated heterocycles. The van der Waals surface area contributed by atoms with E-state index in [0.717, 1.165) is 25.3 Å². The first-order valence-electron chi connectivity index (χ1n) is 9.07. The van der Waals surface area contributed by atoms with Gasteiger partial charge in [-0.1, -0.05) is 42.5 Å². The van der Waals surface area contributed by atoms with E-state index in [1.54, 1.807) is 4.90 Å². The molecule has 25 heavy (non-hydrogen) atoms. The number of nitrogens with one attached hydrogen (secondary N) is 3. The molecule has 2 aromatic rings. The van der Waals surface area contributed by atoms with E-state index in [4.69, 9.17) is 12.2 Å². The van der Waals surface area contributed by atoms with Gasteiger partial charge in [0.25, 0.3) is 0 Å². The average Bonchev–Trinajstić information content (AvgIpc) is 2.63. The Kier molecular flexibility index (Phi) is 7.41. The van der Waals surface area contributed by atoms with Crippen LogP contribution >= 0.6 is 12.2 Å². The van der Waals surface area contributed by atoms with Crippen molar-refractivity contribution in [1.29, 1.82) is 0 Å². The van der Waals surface area contributed by atoms with Crippen LogP contribution in [0.25, 0.3) is 0 Å². The molecule has 2 aromatic carbocycles. The first-order valence-corrected chi connectivity index (χ1v) is 9.48. The zero-order chi connectivity index (χ0) is 18.2. The highest BCUT2D eigenvalue weighted by molar-refractivity contribution is 7.80. The van der Waals surface area contributed by atoms with E-state index in [2.05, 4.69) is 86.9 Å². The number of hydrogen-bond donors (Lipinski definition) is 3. The minimum Gasteiger partial charge on any atom is -0.356 e. The highest BCUT2D eigenvalue weighted by Gasteiger charge is 2.21. The maximum atomic E-state index is 5.53. The lowest BCUT2D eigenvalue weighted by atomic mass is 10.1. The third-order valence-corrected chi connectivity index (χ3v) is 5.17. The van der Waals surface area contributed by atoms with Crippen LogP contribution in [0.2, 0.25) is 0 Å². The fourth-order valence-corrected chi connectivity index (χ4v) is 3.37. The molecule has 3 nitrogen and oxygen atoms in total. The monoisotopic (exact) mass is 356 g/mol. The van der Waals surface area contributed by atoms with Crippen LogP contribution in [-0.2, 0) is 0 Å². The third-order valence-electron chi connectivity index (χ3n) is 4.92. The van der Waals surface area contributed by atoms with Gasteiger partial charge in [-0.15, -0.1) is 0 Å². The Labute approximate surface area is 157 Å². The lowest BCUT2D eigenvalue weighted by Gasteiger charge is -2.28. The summed E-state index contributed by atoms with van der Waals surface area (Å²) in [5.74, 6) is 0. The van der Waals surface area contributed by atoms with Gasteiger partial charge in [0, 0.05) is 11.3 Å². The van der Waals surface area contributed by atoms with E-state index in [1.165, 1.54) is 16.7 Å². The van der Waals surface area contributed by atoms with Crippen LogP contribution < -0.4 is 15.5 Å². The van der Waals surface area contributed by atoms with Gasteiger partial charge in [-0.25, -0.2) is 0 Å². The molecule has 0 spiro atoms. The fraction of sp³-hybridized carbons (Fsp3) is 0.381. The van der Waals surface area contributed by atoms with Gasteiger partial charge < -0.3 is 15.5 Å². The van der Waals surface area contributed by atoms with Crippen molar-refractivity contribution in [2.45, 2.75) is 33.7 Å². The second-order valence-corrected chi connectivity index (χ2v) is 6.82. The maximum Gasteiger partial charge on any atom is 0.171 e. The molecule has 0 saturated carbocycles. The predicted octanol–water partition coefficient (Wildman–Crippen LogP) is 3.26. The van der Waals surface area contributed by atoms with Crippen molar-refractivity contribution >= 4 is 23.0 Å². The summed E-state index contributed by atoms with van der Waals surface area (Å²) in [5.41, 5.74) is 4.93. The van der Waals surface area contributed by atoms with Crippen LogP contribution in [-0.4, -0.2) is 24.7 Å². The maximum absolute atomic E-state index is 5.53. The van der Waals surface area contributed by atoms with Crippen LogP contribution in [0.3, 0.4) is 0 Å². The van der Waals surface area contributed by atoms with Crippen molar-refractivity contribution in [3.63, 3.8) is 0 Å². The van der Waals surface area contributed by atoms with Crippen molar-refractivity contribution in [1.82, 2.24) is 5.32 Å². The van der Waals surface area contributed by atoms with Crippen LogP contribution in [0.1, 0.15) is 36.6 Å². The Morgan fingerprint density at radius 1 is 1.00 bits per heavy atom. The summed E-state index contributed by atoms with van der Waals surface area (Å²) in [5, 5.41) is 7.45. The van der Waals surface area contributed by atoms with Crippen molar-refractivity contribution in [2.24, 2.45) is 0 Å². The quantitative estimate of drug-likeness (QED) is 0.665. The topological polar surface area (TPSA) is 28.5 Å². The molecule has 0 aliphatic carbocycles. The number of rotatable bonds is 7. The summed E-state index contributed by atoms with van der Waals surface area (Å²) >= 11 is 5.53. The number of anilines is 1. The van der Waals surface area contributed by atoms with E-state index in [-0.39, 0.29) is 0 Å². The lowest BCUT2D eigenvalue weighted by molar-refractivity contribution is -0.927. The Hall–Kier alpha value is -1.91. The smallest absolute Gasteiger partial charge is 0.171 e. The molecule has 0 amide bonds. The first kappa shape index (κ1) is 19.4. The predicted molar refractivity (Wildman–Crippen MR) is 111 cm³/mol. The largest absolute Gasteiger partial charge is 0.356 e. The molecule has 0 bridgehead atoms. The molecule has 134 valence electrons. The summed E-state index contributed by atoms with van der Waals surface area (Å²) in [6, 6.07) is 17.3. The molecule has 0 aliphatic rings. The van der Waals surface area contributed by atoms with E-state index in [0.29, 0.717) is 11.2 Å². The number of aryl methyl sites for hydroxylation is 1. The molecule has 0 fully saturated rings. The summed E-state index contributed by atoms with van der Waals surface area (Å²) in [7, 11) is 0. The Balaban J connectivity index is 2.04. The van der Waals surface area contributed by atoms with Gasteiger partial charge in [0.05, 0.1) is 19.6 Å². The molecule has 0 aromatic heterocycles. The molecule has 2 rings (SSSR count). The van der Waals surface area contributed by atoms with E-state index in [9.17, 15) is 0 Å². The summed E-state index contributed by atoms with van der Waals surface area (Å²) in [4.78, 5) is 1.55. The Bertz CT molecular complexity index is 681. The molecular weight excluding hydrogens is 326 g/mol. The number of likely N-dealkylation sites (N-methyl/N-ethyl adjacent to an activating group) is 1. The number of benzene rings is 2. The van der Waals surface area contributed by atoms with Gasteiger partial charge in [0.1, 0.15) is 6.04 Å². The number of hydrogen-bond acceptors (Lipinski definition) is 1. The minimum absolute atomic E-state index is 0.384. The van der Waals surface area contributed by atoms with Crippen molar-refractivity contribution < 1.29 is 4.90 Å². The van der Waals surface area contributed by atoms with Crippen molar-refractivity contribution in [3.8, 4) is 0 Å².